The molecule has 0 radical (unpaired) electrons. The number of rotatable bonds is 2. The molecular formula is C14H19N3O3. The molecule has 6 nitrogen and oxygen atoms in total. The predicted molar refractivity (Wildman–Crippen MR) is 75.7 cm³/mol. The van der Waals surface area contributed by atoms with Crippen molar-refractivity contribution < 1.29 is 15.0 Å². The second-order valence-electron chi connectivity index (χ2n) is 3.61. The Hall–Kier alpha value is -2.31. The summed E-state index contributed by atoms with van der Waals surface area (Å²) in [7, 11) is 0. The fourth-order valence-electron chi connectivity index (χ4n) is 0.867. The number of nitrogens with two attached hydrogens (primary N) is 1. The molecule has 0 aliphatic rings. The zero-order valence-corrected chi connectivity index (χ0v) is 11.3. The molecule has 20 heavy (non-hydrogen) atoms. The van der Waals surface area contributed by atoms with E-state index in [1.807, 2.05) is 30.3 Å². The zero-order chi connectivity index (χ0) is 15.2. The number of benzene rings is 1. The van der Waals surface area contributed by atoms with Gasteiger partial charge in [0.1, 0.15) is 12.4 Å². The van der Waals surface area contributed by atoms with E-state index in [-0.39, 0.29) is 0 Å². The van der Waals surface area contributed by atoms with Gasteiger partial charge < -0.3 is 15.9 Å². The molecular weight excluding hydrogens is 258 g/mol. The molecule has 2 aromatic rings. The number of aromatic nitrogens is 2. The molecule has 4 N–H and O–H groups in total. The van der Waals surface area contributed by atoms with Crippen molar-refractivity contribution in [2.45, 2.75) is 19.6 Å². The summed E-state index contributed by atoms with van der Waals surface area (Å²) in [6, 6.07) is 11.8. The Morgan fingerprint density at radius 2 is 1.70 bits per heavy atom. The van der Waals surface area contributed by atoms with Crippen molar-refractivity contribution in [3.63, 3.8) is 0 Å². The van der Waals surface area contributed by atoms with Crippen molar-refractivity contribution in [2.75, 3.05) is 0 Å². The van der Waals surface area contributed by atoms with Crippen LogP contribution in [0.2, 0.25) is 0 Å². The van der Waals surface area contributed by atoms with Crippen LogP contribution in [0.25, 0.3) is 0 Å². The number of carbonyl (C=O) groups is 1. The standard InChI is InChI=1S/C7H9N.C4H4N2.C3H6O3/c8-6-7-4-2-1-3-5-7;1-2-5-4-6-3-1;1-2(4)3(5)6/h1-5H,6,8H2;1-4H;2,4H,1H3,(H,5,6). The Kier molecular flexibility index (Phi) is 10.4. The first-order chi connectivity index (χ1) is 9.57. The van der Waals surface area contributed by atoms with E-state index in [9.17, 15) is 4.79 Å². The monoisotopic (exact) mass is 277 g/mol. The van der Waals surface area contributed by atoms with Gasteiger partial charge in [-0.25, -0.2) is 14.8 Å². The molecule has 0 fully saturated rings. The van der Waals surface area contributed by atoms with Crippen LogP contribution in [0.5, 0.6) is 0 Å². The maximum absolute atomic E-state index is 9.45. The number of aliphatic carboxylic acids is 1. The zero-order valence-electron chi connectivity index (χ0n) is 11.3. The molecule has 0 aliphatic carbocycles. The van der Waals surface area contributed by atoms with Crippen LogP contribution < -0.4 is 5.73 Å². The van der Waals surface area contributed by atoms with Gasteiger partial charge >= 0.3 is 5.97 Å². The molecule has 0 aliphatic heterocycles. The van der Waals surface area contributed by atoms with Crippen LogP contribution in [-0.4, -0.2) is 32.3 Å². The highest BCUT2D eigenvalue weighted by Gasteiger charge is 2.01. The molecule has 1 atom stereocenters. The molecule has 1 heterocycles. The van der Waals surface area contributed by atoms with Crippen LogP contribution in [-0.2, 0) is 11.3 Å². The van der Waals surface area contributed by atoms with E-state index in [2.05, 4.69) is 9.97 Å². The van der Waals surface area contributed by atoms with Gasteiger partial charge in [-0.1, -0.05) is 30.3 Å². The van der Waals surface area contributed by atoms with E-state index in [0.717, 1.165) is 0 Å². The minimum atomic E-state index is -1.23. The molecule has 1 unspecified atom stereocenters. The van der Waals surface area contributed by atoms with E-state index in [0.29, 0.717) is 6.54 Å². The lowest BCUT2D eigenvalue weighted by Gasteiger charge is -1.90. The van der Waals surface area contributed by atoms with Crippen LogP contribution >= 0.6 is 0 Å². The number of aliphatic hydroxyl groups excluding tert-OH is 1. The van der Waals surface area contributed by atoms with E-state index in [1.165, 1.54) is 18.8 Å². The summed E-state index contributed by atoms with van der Waals surface area (Å²) in [5.74, 6) is -1.19. The number of carboxylic acid groups (broad SMARTS) is 1. The minimum Gasteiger partial charge on any atom is -0.479 e. The van der Waals surface area contributed by atoms with E-state index < -0.39 is 12.1 Å². The van der Waals surface area contributed by atoms with Crippen molar-refractivity contribution in [2.24, 2.45) is 5.73 Å². The molecule has 0 amide bonds. The third kappa shape index (κ3) is 10.8. The van der Waals surface area contributed by atoms with Gasteiger partial charge in [-0.15, -0.1) is 0 Å². The maximum Gasteiger partial charge on any atom is 0.332 e. The van der Waals surface area contributed by atoms with Gasteiger partial charge in [0.15, 0.2) is 0 Å². The van der Waals surface area contributed by atoms with Crippen LogP contribution in [0.4, 0.5) is 0 Å². The van der Waals surface area contributed by atoms with Gasteiger partial charge in [0.05, 0.1) is 0 Å². The highest BCUT2D eigenvalue weighted by atomic mass is 16.4. The number of hydrogen-bond acceptors (Lipinski definition) is 5. The Labute approximate surface area is 117 Å². The lowest BCUT2D eigenvalue weighted by Crippen LogP contribution is -2.13. The lowest BCUT2D eigenvalue weighted by atomic mass is 10.2. The average Bonchev–Trinajstić information content (AvgIpc) is 2.51. The minimum absolute atomic E-state index is 0.640. The molecule has 1 aromatic carbocycles. The highest BCUT2D eigenvalue weighted by molar-refractivity contribution is 5.71. The first-order valence-corrected chi connectivity index (χ1v) is 5.92. The van der Waals surface area contributed by atoms with Gasteiger partial charge in [0.2, 0.25) is 0 Å². The van der Waals surface area contributed by atoms with Crippen molar-refractivity contribution in [3.05, 3.63) is 60.7 Å². The largest absolute Gasteiger partial charge is 0.479 e. The van der Waals surface area contributed by atoms with Crippen LogP contribution in [0.1, 0.15) is 12.5 Å². The number of nitrogens with zero attached hydrogens (tertiary/aromatic N) is 2. The number of aliphatic hydroxyl groups is 1. The summed E-state index contributed by atoms with van der Waals surface area (Å²) in [6.45, 7) is 1.84. The molecule has 6 heteroatoms. The summed E-state index contributed by atoms with van der Waals surface area (Å²) in [5, 5.41) is 15.8. The van der Waals surface area contributed by atoms with E-state index in [1.54, 1.807) is 18.5 Å². The Balaban J connectivity index is 0.000000276. The van der Waals surface area contributed by atoms with Gasteiger partial charge in [-0.2, -0.15) is 0 Å². The Morgan fingerprint density at radius 3 is 1.90 bits per heavy atom. The first kappa shape index (κ1) is 17.7. The average molecular weight is 277 g/mol. The molecule has 108 valence electrons. The third-order valence-corrected chi connectivity index (χ3v) is 1.91. The maximum atomic E-state index is 9.45. The normalized spacial score (nSPS) is 10.2. The number of carboxylic acids is 1. The summed E-state index contributed by atoms with van der Waals surface area (Å²) < 4.78 is 0. The molecule has 1 aromatic heterocycles. The Morgan fingerprint density at radius 1 is 1.20 bits per heavy atom. The van der Waals surface area contributed by atoms with Crippen molar-refractivity contribution in [1.29, 1.82) is 0 Å². The van der Waals surface area contributed by atoms with Crippen molar-refractivity contribution in [1.82, 2.24) is 9.97 Å². The molecule has 0 bridgehead atoms. The quantitative estimate of drug-likeness (QED) is 0.757. The molecule has 2 rings (SSSR count). The third-order valence-electron chi connectivity index (χ3n) is 1.91. The fourth-order valence-corrected chi connectivity index (χ4v) is 0.867. The van der Waals surface area contributed by atoms with Crippen molar-refractivity contribution >= 4 is 5.97 Å². The van der Waals surface area contributed by atoms with Gasteiger partial charge in [-0.05, 0) is 18.6 Å². The van der Waals surface area contributed by atoms with Crippen molar-refractivity contribution in [3.8, 4) is 0 Å². The SMILES string of the molecule is CC(O)C(=O)O.NCc1ccccc1.c1cncnc1. The number of hydrogen-bond donors (Lipinski definition) is 3. The predicted octanol–water partition coefficient (Wildman–Crippen LogP) is 1.07. The summed E-state index contributed by atoms with van der Waals surface area (Å²) >= 11 is 0. The van der Waals surface area contributed by atoms with Gasteiger partial charge in [0.25, 0.3) is 0 Å². The van der Waals surface area contributed by atoms with Crippen LogP contribution in [0.15, 0.2) is 55.1 Å². The molecule has 0 spiro atoms. The molecule has 0 saturated carbocycles. The second kappa shape index (κ2) is 11.8. The Bertz CT molecular complexity index is 423. The summed E-state index contributed by atoms with van der Waals surface area (Å²) in [6.07, 6.45) is 3.64. The smallest absolute Gasteiger partial charge is 0.332 e. The second-order valence-corrected chi connectivity index (χ2v) is 3.61. The highest BCUT2D eigenvalue weighted by Crippen LogP contribution is 1.94. The summed E-state index contributed by atoms with van der Waals surface area (Å²) in [5.41, 5.74) is 6.54. The fraction of sp³-hybridized carbons (Fsp3) is 0.214. The summed E-state index contributed by atoms with van der Waals surface area (Å²) in [4.78, 5) is 16.8. The van der Waals surface area contributed by atoms with Gasteiger partial charge in [-0.3, -0.25) is 0 Å². The van der Waals surface area contributed by atoms with E-state index in [4.69, 9.17) is 15.9 Å². The van der Waals surface area contributed by atoms with Crippen LogP contribution in [0.3, 0.4) is 0 Å². The first-order valence-electron chi connectivity index (χ1n) is 5.92. The topological polar surface area (TPSA) is 109 Å². The molecule has 0 saturated heterocycles. The van der Waals surface area contributed by atoms with Crippen LogP contribution in [0, 0.1) is 0 Å². The van der Waals surface area contributed by atoms with Gasteiger partial charge in [0, 0.05) is 18.9 Å². The lowest BCUT2D eigenvalue weighted by molar-refractivity contribution is -0.145. The van der Waals surface area contributed by atoms with E-state index >= 15 is 0 Å².